The zero-order valence-corrected chi connectivity index (χ0v) is 13.6. The monoisotopic (exact) mass is 304 g/mol. The van der Waals surface area contributed by atoms with Crippen molar-refractivity contribution in [3.8, 4) is 0 Å². The molecule has 4 rings (SSSR count). The topological polar surface area (TPSA) is 60.7 Å². The van der Waals surface area contributed by atoms with Crippen LogP contribution in [0, 0.1) is 28.6 Å². The van der Waals surface area contributed by atoms with E-state index in [4.69, 9.17) is 0 Å². The molecule has 0 aliphatic heterocycles. The third-order valence-electron chi connectivity index (χ3n) is 7.52. The fraction of sp³-hybridized carbons (Fsp3) is 0.789. The van der Waals surface area contributed by atoms with E-state index in [1.54, 1.807) is 0 Å². The van der Waals surface area contributed by atoms with Crippen molar-refractivity contribution in [2.75, 3.05) is 0 Å². The van der Waals surface area contributed by atoms with E-state index in [-0.39, 0.29) is 35.1 Å². The molecule has 0 saturated heterocycles. The maximum Gasteiger partial charge on any atom is 0.0724 e. The molecule has 122 valence electrons. The lowest BCUT2D eigenvalue weighted by molar-refractivity contribution is -0.0530. The predicted molar refractivity (Wildman–Crippen MR) is 85.0 cm³/mol. The Morgan fingerprint density at radius 3 is 2.64 bits per heavy atom. The van der Waals surface area contributed by atoms with Crippen LogP contribution in [0.4, 0.5) is 0 Å². The van der Waals surface area contributed by atoms with Gasteiger partial charge in [0.25, 0.3) is 0 Å². The second-order valence-electron chi connectivity index (χ2n) is 8.54. The van der Waals surface area contributed by atoms with E-state index < -0.39 is 0 Å². The van der Waals surface area contributed by atoms with Gasteiger partial charge in [-0.25, -0.2) is 0 Å². The van der Waals surface area contributed by atoms with Gasteiger partial charge in [-0.3, -0.25) is 0 Å². The van der Waals surface area contributed by atoms with E-state index in [1.807, 2.05) is 6.08 Å². The first-order valence-electron chi connectivity index (χ1n) is 8.80. The Morgan fingerprint density at radius 1 is 1.09 bits per heavy atom. The molecule has 3 heteroatoms. The Balaban J connectivity index is 1.78. The van der Waals surface area contributed by atoms with Crippen molar-refractivity contribution in [3.05, 3.63) is 23.8 Å². The standard InChI is InChI=1S/C19H28O3/c1-18-7-5-12(20)9-11(18)10-15(21)17-13-3-4-16(22)19(13,2)8-6-14(17)18/h5-7,11-13,15-17,20-22H,3-4,8-10H2,1-2H3/t11-,12-,13-,15-,16-,17-,18-,19-/m0/s1. The Kier molecular flexibility index (Phi) is 3.18. The molecule has 4 aliphatic carbocycles. The number of rotatable bonds is 0. The molecule has 0 heterocycles. The van der Waals surface area contributed by atoms with Crippen LogP contribution >= 0.6 is 0 Å². The van der Waals surface area contributed by atoms with Crippen molar-refractivity contribution < 1.29 is 15.3 Å². The normalized spacial score (nSPS) is 56.9. The lowest BCUT2D eigenvalue weighted by Gasteiger charge is -2.56. The summed E-state index contributed by atoms with van der Waals surface area (Å²) in [5, 5.41) is 31.2. The van der Waals surface area contributed by atoms with Gasteiger partial charge < -0.3 is 15.3 Å². The Morgan fingerprint density at radius 2 is 1.86 bits per heavy atom. The van der Waals surface area contributed by atoms with Crippen LogP contribution in [0.25, 0.3) is 0 Å². The minimum Gasteiger partial charge on any atom is -0.393 e. The molecule has 22 heavy (non-hydrogen) atoms. The molecule has 0 aromatic carbocycles. The molecule has 2 saturated carbocycles. The van der Waals surface area contributed by atoms with Crippen molar-refractivity contribution in [3.63, 3.8) is 0 Å². The highest BCUT2D eigenvalue weighted by atomic mass is 16.3. The number of hydrogen-bond donors (Lipinski definition) is 3. The summed E-state index contributed by atoms with van der Waals surface area (Å²) < 4.78 is 0. The fourth-order valence-corrected chi connectivity index (χ4v) is 6.03. The van der Waals surface area contributed by atoms with Crippen molar-refractivity contribution in [1.29, 1.82) is 0 Å². The Labute approximate surface area is 132 Å². The predicted octanol–water partition coefficient (Wildman–Crippen LogP) is 2.42. The highest BCUT2D eigenvalue weighted by Gasteiger charge is 2.58. The quantitative estimate of drug-likeness (QED) is 0.602. The first-order chi connectivity index (χ1) is 10.4. The van der Waals surface area contributed by atoms with Gasteiger partial charge in [-0.05, 0) is 43.9 Å². The summed E-state index contributed by atoms with van der Waals surface area (Å²) in [6.07, 6.45) is 9.79. The van der Waals surface area contributed by atoms with Crippen LogP contribution in [0.3, 0.4) is 0 Å². The maximum absolute atomic E-state index is 10.9. The van der Waals surface area contributed by atoms with Crippen LogP contribution in [0.2, 0.25) is 0 Å². The highest BCUT2D eigenvalue weighted by Crippen LogP contribution is 2.62. The average molecular weight is 304 g/mol. The summed E-state index contributed by atoms with van der Waals surface area (Å²) in [6, 6.07) is 0. The minimum absolute atomic E-state index is 0.0298. The Bertz CT molecular complexity index is 539. The lowest BCUT2D eigenvalue weighted by Crippen LogP contribution is -2.52. The molecule has 0 unspecified atom stereocenters. The van der Waals surface area contributed by atoms with Gasteiger partial charge in [0.05, 0.1) is 18.3 Å². The second-order valence-corrected chi connectivity index (χ2v) is 8.54. The molecular formula is C19H28O3. The minimum atomic E-state index is -0.371. The number of aliphatic hydroxyl groups excluding tert-OH is 3. The summed E-state index contributed by atoms with van der Waals surface area (Å²) in [7, 11) is 0. The molecule has 8 atom stereocenters. The van der Waals surface area contributed by atoms with Crippen LogP contribution in [0.1, 0.15) is 46.0 Å². The van der Waals surface area contributed by atoms with Crippen molar-refractivity contribution >= 4 is 0 Å². The molecule has 0 aromatic heterocycles. The summed E-state index contributed by atoms with van der Waals surface area (Å²) in [5.74, 6) is 0.883. The highest BCUT2D eigenvalue weighted by molar-refractivity contribution is 5.35. The lowest BCUT2D eigenvalue weighted by atomic mass is 9.50. The van der Waals surface area contributed by atoms with E-state index in [0.29, 0.717) is 11.8 Å². The van der Waals surface area contributed by atoms with E-state index in [1.165, 1.54) is 5.57 Å². The van der Waals surface area contributed by atoms with Crippen LogP contribution in [-0.2, 0) is 0 Å². The largest absolute Gasteiger partial charge is 0.393 e. The number of aliphatic hydroxyl groups is 3. The smallest absolute Gasteiger partial charge is 0.0724 e. The second kappa shape index (κ2) is 4.68. The van der Waals surface area contributed by atoms with Crippen LogP contribution in [-0.4, -0.2) is 33.6 Å². The molecule has 2 fully saturated rings. The third-order valence-corrected chi connectivity index (χ3v) is 7.52. The summed E-state index contributed by atoms with van der Waals surface area (Å²) >= 11 is 0. The van der Waals surface area contributed by atoms with Gasteiger partial charge in [0.2, 0.25) is 0 Å². The van der Waals surface area contributed by atoms with Gasteiger partial charge in [-0.2, -0.15) is 0 Å². The number of allylic oxidation sites excluding steroid dienone is 2. The van der Waals surface area contributed by atoms with Gasteiger partial charge in [0.1, 0.15) is 0 Å². The van der Waals surface area contributed by atoms with Gasteiger partial charge in [-0.15, -0.1) is 0 Å². The van der Waals surface area contributed by atoms with E-state index >= 15 is 0 Å². The van der Waals surface area contributed by atoms with Crippen LogP contribution in [0.5, 0.6) is 0 Å². The SMILES string of the molecule is C[C@]12CC=C3[C@@H]([C@@H](O)C[C@@H]4C[C@@H](O)C=C[C@]34C)[C@@H]1CC[C@@H]2O. The number of fused-ring (bicyclic) bond motifs is 5. The summed E-state index contributed by atoms with van der Waals surface area (Å²) in [6.45, 7) is 4.48. The van der Waals surface area contributed by atoms with Gasteiger partial charge in [0.15, 0.2) is 0 Å². The summed E-state index contributed by atoms with van der Waals surface area (Å²) in [4.78, 5) is 0. The third kappa shape index (κ3) is 1.79. The van der Waals surface area contributed by atoms with Crippen LogP contribution < -0.4 is 0 Å². The maximum atomic E-state index is 10.9. The molecule has 0 spiro atoms. The molecule has 0 amide bonds. The zero-order chi connectivity index (χ0) is 15.7. The van der Waals surface area contributed by atoms with Crippen molar-refractivity contribution in [1.82, 2.24) is 0 Å². The average Bonchev–Trinajstić information content (AvgIpc) is 2.77. The molecule has 3 N–H and O–H groups in total. The van der Waals surface area contributed by atoms with E-state index in [9.17, 15) is 15.3 Å². The molecule has 0 bridgehead atoms. The first kappa shape index (κ1) is 14.9. The Hall–Kier alpha value is -0.640. The fourth-order valence-electron chi connectivity index (χ4n) is 6.03. The van der Waals surface area contributed by atoms with E-state index in [2.05, 4.69) is 26.0 Å². The molecular weight excluding hydrogens is 276 g/mol. The zero-order valence-electron chi connectivity index (χ0n) is 13.6. The summed E-state index contributed by atoms with van der Waals surface area (Å²) in [5.41, 5.74) is 1.27. The van der Waals surface area contributed by atoms with Gasteiger partial charge >= 0.3 is 0 Å². The molecule has 3 nitrogen and oxygen atoms in total. The van der Waals surface area contributed by atoms with Gasteiger partial charge in [0, 0.05) is 16.7 Å². The molecule has 0 radical (unpaired) electrons. The van der Waals surface area contributed by atoms with Crippen molar-refractivity contribution in [2.45, 2.75) is 64.3 Å². The van der Waals surface area contributed by atoms with Crippen LogP contribution in [0.15, 0.2) is 23.8 Å². The van der Waals surface area contributed by atoms with Crippen molar-refractivity contribution in [2.24, 2.45) is 28.6 Å². The molecule has 4 aliphatic rings. The van der Waals surface area contributed by atoms with Gasteiger partial charge in [-0.1, -0.05) is 37.6 Å². The first-order valence-corrected chi connectivity index (χ1v) is 8.80. The van der Waals surface area contributed by atoms with E-state index in [0.717, 1.165) is 32.1 Å². The number of hydrogen-bond acceptors (Lipinski definition) is 3. The molecule has 0 aromatic rings.